The predicted octanol–water partition coefficient (Wildman–Crippen LogP) is 1.66. The largest absolute Gasteiger partial charge is 0.573 e. The molecule has 94 valence electrons. The Morgan fingerprint density at radius 3 is 2.59 bits per heavy atom. The van der Waals surface area contributed by atoms with Gasteiger partial charge < -0.3 is 10.5 Å². The molecule has 2 N–H and O–H groups in total. The average molecular weight is 251 g/mol. The van der Waals surface area contributed by atoms with E-state index in [4.69, 9.17) is 5.73 Å². The molecule has 0 bridgehead atoms. The van der Waals surface area contributed by atoms with Crippen molar-refractivity contribution in [2.75, 3.05) is 0 Å². The van der Waals surface area contributed by atoms with Gasteiger partial charge in [0.1, 0.15) is 6.20 Å². The van der Waals surface area contributed by atoms with Crippen LogP contribution in [0.4, 0.5) is 18.9 Å². The highest BCUT2D eigenvalue weighted by molar-refractivity contribution is 5.51. The summed E-state index contributed by atoms with van der Waals surface area (Å²) < 4.78 is 39.9. The van der Waals surface area contributed by atoms with Crippen LogP contribution in [0, 0.1) is 17.0 Å². The van der Waals surface area contributed by atoms with Gasteiger partial charge in [-0.1, -0.05) is 0 Å². The molecule has 17 heavy (non-hydrogen) atoms. The van der Waals surface area contributed by atoms with Crippen molar-refractivity contribution in [3.63, 3.8) is 0 Å². The van der Waals surface area contributed by atoms with Gasteiger partial charge in [-0.2, -0.15) is 0 Å². The van der Waals surface area contributed by atoms with E-state index in [1.807, 2.05) is 0 Å². The highest BCUT2D eigenvalue weighted by Gasteiger charge is 2.36. The minimum absolute atomic E-state index is 0.0981. The Balaban J connectivity index is 3.35. The number of ether oxygens (including phenoxy) is 1. The van der Waals surface area contributed by atoms with Gasteiger partial charge in [-0.25, -0.2) is 0 Å². The maximum Gasteiger partial charge on any atom is 0.573 e. The molecule has 0 spiro atoms. The van der Waals surface area contributed by atoms with E-state index >= 15 is 0 Å². The summed E-state index contributed by atoms with van der Waals surface area (Å²) in [5, 5.41) is 10.5. The first kappa shape index (κ1) is 13.2. The highest BCUT2D eigenvalue weighted by Crippen LogP contribution is 2.35. The zero-order valence-corrected chi connectivity index (χ0v) is 8.61. The second-order valence-electron chi connectivity index (χ2n) is 3.05. The van der Waals surface area contributed by atoms with Gasteiger partial charge in [-0.05, 0) is 6.92 Å². The summed E-state index contributed by atoms with van der Waals surface area (Å²) in [6.45, 7) is 1.08. The van der Waals surface area contributed by atoms with Crippen LogP contribution in [0.5, 0.6) is 5.75 Å². The first-order chi connectivity index (χ1) is 7.76. The van der Waals surface area contributed by atoms with Crippen LogP contribution in [0.3, 0.4) is 0 Å². The Morgan fingerprint density at radius 1 is 1.59 bits per heavy atom. The second kappa shape index (κ2) is 4.53. The molecule has 0 aliphatic heterocycles. The van der Waals surface area contributed by atoms with Crippen molar-refractivity contribution in [2.45, 2.75) is 19.8 Å². The molecular weight excluding hydrogens is 243 g/mol. The number of hydrogen-bond donors (Lipinski definition) is 1. The number of aromatic nitrogens is 1. The zero-order chi connectivity index (χ0) is 13.2. The van der Waals surface area contributed by atoms with E-state index in [1.54, 1.807) is 0 Å². The van der Waals surface area contributed by atoms with Crippen molar-refractivity contribution in [3.8, 4) is 5.75 Å². The van der Waals surface area contributed by atoms with E-state index in [0.29, 0.717) is 6.20 Å². The first-order valence-corrected chi connectivity index (χ1v) is 4.35. The second-order valence-corrected chi connectivity index (χ2v) is 3.05. The molecule has 1 aromatic rings. The van der Waals surface area contributed by atoms with Gasteiger partial charge >= 0.3 is 12.0 Å². The van der Waals surface area contributed by atoms with Crippen LogP contribution in [0.25, 0.3) is 0 Å². The van der Waals surface area contributed by atoms with E-state index in [1.165, 1.54) is 6.92 Å². The van der Waals surface area contributed by atoms with Crippen molar-refractivity contribution in [1.29, 1.82) is 0 Å². The van der Waals surface area contributed by atoms with E-state index in [-0.39, 0.29) is 17.8 Å². The topological polar surface area (TPSA) is 91.3 Å². The molecule has 0 aromatic carbocycles. The zero-order valence-electron chi connectivity index (χ0n) is 8.61. The van der Waals surface area contributed by atoms with Crippen LogP contribution in [0.1, 0.15) is 11.3 Å². The van der Waals surface area contributed by atoms with E-state index < -0.39 is 22.7 Å². The minimum Gasteiger partial charge on any atom is -0.398 e. The summed E-state index contributed by atoms with van der Waals surface area (Å²) in [4.78, 5) is 13.1. The molecule has 0 radical (unpaired) electrons. The average Bonchev–Trinajstić information content (AvgIpc) is 2.18. The number of pyridine rings is 1. The van der Waals surface area contributed by atoms with Crippen molar-refractivity contribution >= 4 is 5.69 Å². The lowest BCUT2D eigenvalue weighted by atomic mass is 10.2. The highest BCUT2D eigenvalue weighted by atomic mass is 19.4. The van der Waals surface area contributed by atoms with Gasteiger partial charge in [0.25, 0.3) is 0 Å². The quantitative estimate of drug-likeness (QED) is 0.651. The molecule has 0 saturated heterocycles. The fraction of sp³-hybridized carbons (Fsp3) is 0.375. The van der Waals surface area contributed by atoms with Gasteiger partial charge in [-0.15, -0.1) is 13.2 Å². The number of nitrogens with zero attached hydrogens (tertiary/aromatic N) is 2. The van der Waals surface area contributed by atoms with E-state index in [9.17, 15) is 23.3 Å². The normalized spacial score (nSPS) is 11.4. The standard InChI is InChI=1S/C8H8F3N3O3/c1-4-5(2-12)13-3-6(14(15)16)7(4)17-8(9,10)11/h3H,2,12H2,1H3. The number of nitro groups is 1. The predicted molar refractivity (Wildman–Crippen MR) is 50.2 cm³/mol. The lowest BCUT2D eigenvalue weighted by molar-refractivity contribution is -0.389. The molecule has 1 heterocycles. The van der Waals surface area contributed by atoms with E-state index in [0.717, 1.165) is 0 Å². The van der Waals surface area contributed by atoms with Crippen LogP contribution in [-0.4, -0.2) is 16.3 Å². The van der Waals surface area contributed by atoms with Gasteiger partial charge in [0, 0.05) is 12.1 Å². The molecule has 6 nitrogen and oxygen atoms in total. The molecule has 0 amide bonds. The minimum atomic E-state index is -5.01. The lowest BCUT2D eigenvalue weighted by Crippen LogP contribution is -2.19. The fourth-order valence-corrected chi connectivity index (χ4v) is 1.20. The van der Waals surface area contributed by atoms with Crippen LogP contribution in [-0.2, 0) is 6.54 Å². The molecular formula is C8H8F3N3O3. The summed E-state index contributed by atoms with van der Waals surface area (Å²) in [7, 11) is 0. The van der Waals surface area contributed by atoms with E-state index in [2.05, 4.69) is 9.72 Å². The first-order valence-electron chi connectivity index (χ1n) is 4.35. The number of nitrogens with two attached hydrogens (primary N) is 1. The SMILES string of the molecule is Cc1c(CN)ncc([N+](=O)[O-])c1OC(F)(F)F. The molecule has 1 aromatic heterocycles. The lowest BCUT2D eigenvalue weighted by Gasteiger charge is -2.12. The van der Waals surface area contributed by atoms with Crippen molar-refractivity contribution in [2.24, 2.45) is 5.73 Å². The molecule has 9 heteroatoms. The fourth-order valence-electron chi connectivity index (χ4n) is 1.20. The number of hydrogen-bond acceptors (Lipinski definition) is 5. The van der Waals surface area contributed by atoms with Crippen LogP contribution < -0.4 is 10.5 Å². The van der Waals surface area contributed by atoms with Gasteiger partial charge in [0.05, 0.1) is 10.6 Å². The summed E-state index contributed by atoms with van der Waals surface area (Å²) >= 11 is 0. The Kier molecular flexibility index (Phi) is 3.51. The Hall–Kier alpha value is -1.90. The molecule has 1 rings (SSSR count). The third-order valence-corrected chi connectivity index (χ3v) is 1.96. The van der Waals surface area contributed by atoms with Crippen molar-refractivity contribution in [3.05, 3.63) is 27.6 Å². The summed E-state index contributed by atoms with van der Waals surface area (Å²) in [6.07, 6.45) is -4.32. The van der Waals surface area contributed by atoms with Crippen LogP contribution in [0.15, 0.2) is 6.20 Å². The third-order valence-electron chi connectivity index (χ3n) is 1.96. The number of halogens is 3. The number of rotatable bonds is 3. The van der Waals surface area contributed by atoms with Gasteiger partial charge in [0.15, 0.2) is 0 Å². The van der Waals surface area contributed by atoms with Crippen LogP contribution >= 0.6 is 0 Å². The molecule has 0 atom stereocenters. The van der Waals surface area contributed by atoms with Crippen molar-refractivity contribution < 1.29 is 22.8 Å². The monoisotopic (exact) mass is 251 g/mol. The summed E-state index contributed by atoms with van der Waals surface area (Å²) in [5.41, 5.74) is 4.40. The molecule has 0 unspecified atom stereocenters. The summed E-state index contributed by atoms with van der Waals surface area (Å²) in [6, 6.07) is 0. The Bertz CT molecular complexity index is 448. The van der Waals surface area contributed by atoms with Crippen LogP contribution in [0.2, 0.25) is 0 Å². The smallest absolute Gasteiger partial charge is 0.398 e. The molecule has 0 fully saturated rings. The van der Waals surface area contributed by atoms with Crippen molar-refractivity contribution in [1.82, 2.24) is 4.98 Å². The molecule has 0 aliphatic carbocycles. The molecule has 0 aliphatic rings. The molecule has 0 saturated carbocycles. The van der Waals surface area contributed by atoms with Gasteiger partial charge in [-0.3, -0.25) is 15.1 Å². The van der Waals surface area contributed by atoms with Gasteiger partial charge in [0.2, 0.25) is 5.75 Å². The summed E-state index contributed by atoms with van der Waals surface area (Å²) in [5.74, 6) is -0.877. The Labute approximate surface area is 93.3 Å². The maximum absolute atomic E-state index is 12.1. The number of alkyl halides is 3. The Morgan fingerprint density at radius 2 is 2.18 bits per heavy atom. The maximum atomic E-state index is 12.1. The third kappa shape index (κ3) is 3.03.